The Bertz CT molecular complexity index is 1060. The normalized spacial score (nSPS) is 15.8. The van der Waals surface area contributed by atoms with Crippen molar-refractivity contribution in [2.24, 2.45) is 0 Å². The van der Waals surface area contributed by atoms with E-state index in [9.17, 15) is 9.18 Å². The number of hydrogen-bond donors (Lipinski definition) is 0. The second kappa shape index (κ2) is 10.1. The molecular formula is C28H31FN2O. The largest absolute Gasteiger partial charge is 0.334 e. The van der Waals surface area contributed by atoms with Crippen molar-refractivity contribution >= 4 is 5.91 Å². The van der Waals surface area contributed by atoms with Gasteiger partial charge in [0.25, 0.3) is 0 Å². The van der Waals surface area contributed by atoms with Crippen LogP contribution in [0.4, 0.5) is 4.39 Å². The molecule has 166 valence electrons. The molecule has 1 fully saturated rings. The minimum atomic E-state index is -0.179. The van der Waals surface area contributed by atoms with Crippen LogP contribution in [0.25, 0.3) is 0 Å². The highest BCUT2D eigenvalue weighted by Gasteiger charge is 2.30. The van der Waals surface area contributed by atoms with Crippen molar-refractivity contribution in [1.29, 1.82) is 0 Å². The van der Waals surface area contributed by atoms with Crippen molar-refractivity contribution in [3.8, 4) is 0 Å². The van der Waals surface area contributed by atoms with Crippen LogP contribution in [0.15, 0.2) is 60.8 Å². The molecule has 32 heavy (non-hydrogen) atoms. The standard InChI is InChI=1S/C28H31FN2O/c1-20-8-10-23(11-9-20)18-24-13-15-26(30-19-24)27-6-4-16-31(27)28(32)7-3-5-22-12-14-25(29)21(2)17-22/h8-15,17,19,27H,3-7,16,18H2,1-2H3/t27-/m0/s1. The lowest BCUT2D eigenvalue weighted by Crippen LogP contribution is -2.30. The number of rotatable bonds is 7. The van der Waals surface area contributed by atoms with Crippen LogP contribution >= 0.6 is 0 Å². The van der Waals surface area contributed by atoms with Gasteiger partial charge in [0.1, 0.15) is 5.82 Å². The molecule has 3 nitrogen and oxygen atoms in total. The first-order valence-electron chi connectivity index (χ1n) is 11.5. The van der Waals surface area contributed by atoms with E-state index in [-0.39, 0.29) is 17.8 Å². The third kappa shape index (κ3) is 5.42. The van der Waals surface area contributed by atoms with Gasteiger partial charge in [0.2, 0.25) is 5.91 Å². The predicted molar refractivity (Wildman–Crippen MR) is 126 cm³/mol. The highest BCUT2D eigenvalue weighted by Crippen LogP contribution is 2.31. The Balaban J connectivity index is 1.33. The van der Waals surface area contributed by atoms with Crippen molar-refractivity contribution in [1.82, 2.24) is 9.88 Å². The van der Waals surface area contributed by atoms with Crippen molar-refractivity contribution in [3.05, 3.63) is 100 Å². The number of aryl methyl sites for hydroxylation is 3. The van der Waals surface area contributed by atoms with Gasteiger partial charge in [0.15, 0.2) is 0 Å². The zero-order valence-electron chi connectivity index (χ0n) is 19.0. The van der Waals surface area contributed by atoms with Crippen LogP contribution in [-0.2, 0) is 17.6 Å². The quantitative estimate of drug-likeness (QED) is 0.453. The fourth-order valence-electron chi connectivity index (χ4n) is 4.50. The first-order valence-corrected chi connectivity index (χ1v) is 11.5. The van der Waals surface area contributed by atoms with Gasteiger partial charge in [0, 0.05) is 19.2 Å². The third-order valence-corrected chi connectivity index (χ3v) is 6.37. The summed E-state index contributed by atoms with van der Waals surface area (Å²) < 4.78 is 13.4. The van der Waals surface area contributed by atoms with E-state index in [0.29, 0.717) is 12.0 Å². The van der Waals surface area contributed by atoms with Crippen LogP contribution in [0.2, 0.25) is 0 Å². The van der Waals surface area contributed by atoms with Gasteiger partial charge in [-0.3, -0.25) is 9.78 Å². The summed E-state index contributed by atoms with van der Waals surface area (Å²) in [6.45, 7) is 4.67. The van der Waals surface area contributed by atoms with Crippen LogP contribution in [-0.4, -0.2) is 22.3 Å². The highest BCUT2D eigenvalue weighted by molar-refractivity contribution is 5.77. The molecule has 1 aliphatic rings. The number of nitrogens with zero attached hydrogens (tertiary/aromatic N) is 2. The van der Waals surface area contributed by atoms with Gasteiger partial charge in [-0.15, -0.1) is 0 Å². The summed E-state index contributed by atoms with van der Waals surface area (Å²) in [5.41, 5.74) is 6.45. The summed E-state index contributed by atoms with van der Waals surface area (Å²) in [4.78, 5) is 19.6. The molecule has 2 heterocycles. The lowest BCUT2D eigenvalue weighted by atomic mass is 10.0. The average Bonchev–Trinajstić information content (AvgIpc) is 3.28. The molecule has 1 saturated heterocycles. The second-order valence-corrected chi connectivity index (χ2v) is 8.94. The number of carbonyl (C=O) groups excluding carboxylic acids is 1. The van der Waals surface area contributed by atoms with Gasteiger partial charge in [-0.25, -0.2) is 4.39 Å². The zero-order chi connectivity index (χ0) is 22.5. The molecular weight excluding hydrogens is 399 g/mol. The number of likely N-dealkylation sites (tertiary alicyclic amines) is 1. The van der Waals surface area contributed by atoms with Gasteiger partial charge in [0.05, 0.1) is 11.7 Å². The monoisotopic (exact) mass is 430 g/mol. The molecule has 0 N–H and O–H groups in total. The molecule has 3 aromatic rings. The maximum atomic E-state index is 13.4. The van der Waals surface area contributed by atoms with E-state index in [2.05, 4.69) is 43.3 Å². The van der Waals surface area contributed by atoms with Crippen molar-refractivity contribution in [2.75, 3.05) is 6.54 Å². The van der Waals surface area contributed by atoms with E-state index < -0.39 is 0 Å². The van der Waals surface area contributed by atoms with Crippen molar-refractivity contribution in [2.45, 2.75) is 58.4 Å². The smallest absolute Gasteiger partial charge is 0.223 e. The predicted octanol–water partition coefficient (Wildman–Crippen LogP) is 6.11. The first-order chi connectivity index (χ1) is 15.5. The van der Waals surface area contributed by atoms with Crippen molar-refractivity contribution in [3.63, 3.8) is 0 Å². The van der Waals surface area contributed by atoms with Gasteiger partial charge >= 0.3 is 0 Å². The molecule has 1 amide bonds. The van der Waals surface area contributed by atoms with Gasteiger partial charge < -0.3 is 4.90 Å². The van der Waals surface area contributed by atoms with Gasteiger partial charge in [-0.05, 0) is 80.3 Å². The van der Waals surface area contributed by atoms with E-state index >= 15 is 0 Å². The van der Waals surface area contributed by atoms with E-state index in [1.54, 1.807) is 6.92 Å². The van der Waals surface area contributed by atoms with E-state index in [1.807, 2.05) is 23.2 Å². The summed E-state index contributed by atoms with van der Waals surface area (Å²) in [7, 11) is 0. The van der Waals surface area contributed by atoms with E-state index in [4.69, 9.17) is 4.98 Å². The Morgan fingerprint density at radius 2 is 1.78 bits per heavy atom. The third-order valence-electron chi connectivity index (χ3n) is 6.37. The van der Waals surface area contributed by atoms with Crippen LogP contribution in [0, 0.1) is 19.7 Å². The molecule has 0 spiro atoms. The number of halogens is 1. The second-order valence-electron chi connectivity index (χ2n) is 8.94. The maximum absolute atomic E-state index is 13.4. The van der Waals surface area contributed by atoms with E-state index in [0.717, 1.165) is 49.9 Å². The van der Waals surface area contributed by atoms with Gasteiger partial charge in [-0.1, -0.05) is 48.0 Å². The lowest BCUT2D eigenvalue weighted by Gasteiger charge is -2.24. The minimum absolute atomic E-state index is 0.0731. The van der Waals surface area contributed by atoms with Crippen LogP contribution in [0.5, 0.6) is 0 Å². The minimum Gasteiger partial charge on any atom is -0.334 e. The number of aromatic nitrogens is 1. The fourth-order valence-corrected chi connectivity index (χ4v) is 4.50. The number of amides is 1. The van der Waals surface area contributed by atoms with Crippen LogP contribution < -0.4 is 0 Å². The molecule has 4 rings (SSSR count). The Labute approximate surface area is 190 Å². The Morgan fingerprint density at radius 1 is 1.03 bits per heavy atom. The molecule has 0 unspecified atom stereocenters. The molecule has 4 heteroatoms. The summed E-state index contributed by atoms with van der Waals surface area (Å²) >= 11 is 0. The number of carbonyl (C=O) groups is 1. The summed E-state index contributed by atoms with van der Waals surface area (Å²) in [5, 5.41) is 0. The van der Waals surface area contributed by atoms with Gasteiger partial charge in [-0.2, -0.15) is 0 Å². The Kier molecular flexibility index (Phi) is 6.99. The van der Waals surface area contributed by atoms with E-state index in [1.165, 1.54) is 22.8 Å². The topological polar surface area (TPSA) is 33.2 Å². The lowest BCUT2D eigenvalue weighted by molar-refractivity contribution is -0.132. The molecule has 0 radical (unpaired) electrons. The van der Waals surface area contributed by atoms with Crippen molar-refractivity contribution < 1.29 is 9.18 Å². The first kappa shape index (κ1) is 22.2. The number of benzene rings is 2. The average molecular weight is 431 g/mol. The Morgan fingerprint density at radius 3 is 2.50 bits per heavy atom. The molecule has 1 atom stereocenters. The summed E-state index contributed by atoms with van der Waals surface area (Å²) in [6, 6.07) is 18.1. The molecule has 2 aromatic carbocycles. The zero-order valence-corrected chi connectivity index (χ0v) is 19.0. The van der Waals surface area contributed by atoms with Crippen LogP contribution in [0.3, 0.4) is 0 Å². The summed E-state index contributed by atoms with van der Waals surface area (Å²) in [5.74, 6) is 0.0129. The Hall–Kier alpha value is -3.01. The fraction of sp³-hybridized carbons (Fsp3) is 0.357. The number of pyridine rings is 1. The summed E-state index contributed by atoms with van der Waals surface area (Å²) in [6.07, 6.45) is 6.87. The number of hydrogen-bond acceptors (Lipinski definition) is 2. The molecule has 1 aromatic heterocycles. The highest BCUT2D eigenvalue weighted by atomic mass is 19.1. The molecule has 1 aliphatic heterocycles. The van der Waals surface area contributed by atoms with Crippen LogP contribution in [0.1, 0.15) is 65.2 Å². The molecule has 0 aliphatic carbocycles. The molecule has 0 saturated carbocycles. The SMILES string of the molecule is Cc1ccc(Cc2ccc([C@@H]3CCCN3C(=O)CCCc3ccc(F)c(C)c3)nc2)cc1. The maximum Gasteiger partial charge on any atom is 0.223 e. The molecule has 0 bridgehead atoms.